The normalized spacial score (nSPS) is 17.5. The van der Waals surface area contributed by atoms with Gasteiger partial charge in [0.05, 0.1) is 11.0 Å². The summed E-state index contributed by atoms with van der Waals surface area (Å²) in [5, 5.41) is 11.1. The Kier molecular flexibility index (Phi) is 4.37. The Hall–Kier alpha value is -2.22. The first-order valence-electron chi connectivity index (χ1n) is 6.79. The van der Waals surface area contributed by atoms with E-state index in [4.69, 9.17) is 5.73 Å². The van der Waals surface area contributed by atoms with E-state index in [1.807, 2.05) is 9.80 Å². The van der Waals surface area contributed by atoms with E-state index in [9.17, 15) is 14.9 Å². The highest BCUT2D eigenvalue weighted by atomic mass is 16.6. The molecule has 2 heterocycles. The molecule has 1 aliphatic heterocycles. The van der Waals surface area contributed by atoms with Crippen molar-refractivity contribution in [2.45, 2.75) is 19.9 Å². The number of carbonyl (C=O) groups is 1. The molecule has 1 aliphatic rings. The molecule has 1 fully saturated rings. The molecular formula is C13H19N5O3. The van der Waals surface area contributed by atoms with Crippen molar-refractivity contribution in [3.05, 3.63) is 27.9 Å². The van der Waals surface area contributed by atoms with Crippen molar-refractivity contribution in [3.63, 3.8) is 0 Å². The van der Waals surface area contributed by atoms with E-state index in [1.165, 1.54) is 6.07 Å². The summed E-state index contributed by atoms with van der Waals surface area (Å²) in [6.07, 6.45) is 1.63. The number of anilines is 1. The zero-order valence-corrected chi connectivity index (χ0v) is 12.2. The van der Waals surface area contributed by atoms with Gasteiger partial charge < -0.3 is 10.6 Å². The molecule has 0 spiro atoms. The minimum Gasteiger partial charge on any atom is -0.368 e. The molecule has 8 heteroatoms. The van der Waals surface area contributed by atoms with Gasteiger partial charge in [0.2, 0.25) is 11.7 Å². The number of nitrogens with two attached hydrogens (primary N) is 1. The lowest BCUT2D eigenvalue weighted by molar-refractivity contribution is -0.384. The lowest BCUT2D eigenvalue weighted by Crippen LogP contribution is -2.53. The van der Waals surface area contributed by atoms with Crippen LogP contribution in [0.3, 0.4) is 0 Å². The summed E-state index contributed by atoms with van der Waals surface area (Å²) in [4.78, 5) is 30.0. The molecule has 0 saturated carbocycles. The molecule has 114 valence electrons. The van der Waals surface area contributed by atoms with E-state index < -0.39 is 4.92 Å². The molecule has 1 aromatic rings. The molecule has 8 nitrogen and oxygen atoms in total. The van der Waals surface area contributed by atoms with Gasteiger partial charge in [-0.2, -0.15) is 0 Å². The number of carbonyl (C=O) groups excluding carboxylic acids is 1. The zero-order chi connectivity index (χ0) is 15.6. The van der Waals surface area contributed by atoms with Crippen LogP contribution >= 0.6 is 0 Å². The van der Waals surface area contributed by atoms with Gasteiger partial charge in [-0.25, -0.2) is 4.98 Å². The van der Waals surface area contributed by atoms with E-state index in [1.54, 1.807) is 20.0 Å². The van der Waals surface area contributed by atoms with Crippen LogP contribution in [0.2, 0.25) is 0 Å². The highest BCUT2D eigenvalue weighted by molar-refractivity contribution is 5.79. The summed E-state index contributed by atoms with van der Waals surface area (Å²) in [6, 6.07) is 1.20. The average Bonchev–Trinajstić information content (AvgIpc) is 2.46. The van der Waals surface area contributed by atoms with Gasteiger partial charge in [-0.1, -0.05) is 0 Å². The molecule has 0 radical (unpaired) electrons. The van der Waals surface area contributed by atoms with Crippen molar-refractivity contribution in [1.29, 1.82) is 0 Å². The quantitative estimate of drug-likeness (QED) is 0.632. The van der Waals surface area contributed by atoms with Gasteiger partial charge in [-0.05, 0) is 19.4 Å². The van der Waals surface area contributed by atoms with Crippen LogP contribution in [0.1, 0.15) is 12.5 Å². The first kappa shape index (κ1) is 15.2. The summed E-state index contributed by atoms with van der Waals surface area (Å²) < 4.78 is 0. The lowest BCUT2D eigenvalue weighted by atomic mass is 10.2. The van der Waals surface area contributed by atoms with Crippen LogP contribution in [0.5, 0.6) is 0 Å². The second-order valence-electron chi connectivity index (χ2n) is 5.21. The summed E-state index contributed by atoms with van der Waals surface area (Å²) in [5.41, 5.74) is 6.07. The Morgan fingerprint density at radius 1 is 1.43 bits per heavy atom. The summed E-state index contributed by atoms with van der Waals surface area (Å²) in [7, 11) is 0. The maximum Gasteiger partial charge on any atom is 0.311 e. The predicted molar refractivity (Wildman–Crippen MR) is 78.1 cm³/mol. The van der Waals surface area contributed by atoms with E-state index in [2.05, 4.69) is 4.98 Å². The average molecular weight is 293 g/mol. The molecule has 1 saturated heterocycles. The molecule has 2 N–H and O–H groups in total. The smallest absolute Gasteiger partial charge is 0.311 e. The van der Waals surface area contributed by atoms with Crippen LogP contribution in [-0.4, -0.2) is 52.9 Å². The number of hydrogen-bond acceptors (Lipinski definition) is 6. The fraction of sp³-hybridized carbons (Fsp3) is 0.538. The standard InChI is InChI=1S/C13H19N5O3/c1-9-7-11(18(20)21)13(15-8-9)17-5-3-16(4-6-17)10(2)12(14)19/h7-8,10H,3-6H2,1-2H3,(H2,14,19). The Balaban J connectivity index is 2.12. The molecule has 0 bridgehead atoms. The Bertz CT molecular complexity index is 555. The number of aryl methyl sites for hydroxylation is 1. The van der Waals surface area contributed by atoms with Crippen molar-refractivity contribution in [3.8, 4) is 0 Å². The van der Waals surface area contributed by atoms with Crippen LogP contribution in [-0.2, 0) is 4.79 Å². The molecule has 1 atom stereocenters. The summed E-state index contributed by atoms with van der Waals surface area (Å²) in [5.74, 6) is 0.0277. The first-order valence-corrected chi connectivity index (χ1v) is 6.79. The van der Waals surface area contributed by atoms with Crippen molar-refractivity contribution in [2.24, 2.45) is 5.73 Å². The highest BCUT2D eigenvalue weighted by Gasteiger charge is 2.28. The van der Waals surface area contributed by atoms with Gasteiger partial charge in [0, 0.05) is 38.4 Å². The topological polar surface area (TPSA) is 106 Å². The van der Waals surface area contributed by atoms with Crippen LogP contribution in [0.15, 0.2) is 12.3 Å². The lowest BCUT2D eigenvalue weighted by Gasteiger charge is -2.37. The van der Waals surface area contributed by atoms with E-state index in [0.717, 1.165) is 5.56 Å². The van der Waals surface area contributed by atoms with Crippen LogP contribution < -0.4 is 10.6 Å². The maximum atomic E-state index is 11.2. The van der Waals surface area contributed by atoms with Crippen molar-refractivity contribution in [2.75, 3.05) is 31.1 Å². The number of nitrogens with zero attached hydrogens (tertiary/aromatic N) is 4. The van der Waals surface area contributed by atoms with Gasteiger partial charge in [-0.15, -0.1) is 0 Å². The number of rotatable bonds is 4. The van der Waals surface area contributed by atoms with E-state index in [0.29, 0.717) is 32.0 Å². The first-order chi connectivity index (χ1) is 9.90. The molecule has 0 aliphatic carbocycles. The van der Waals surface area contributed by atoms with Crippen molar-refractivity contribution in [1.82, 2.24) is 9.88 Å². The van der Waals surface area contributed by atoms with E-state index in [-0.39, 0.29) is 17.6 Å². The SMILES string of the molecule is Cc1cnc(N2CCN(C(C)C(N)=O)CC2)c([N+](=O)[O-])c1. The molecule has 21 heavy (non-hydrogen) atoms. The highest BCUT2D eigenvalue weighted by Crippen LogP contribution is 2.27. The fourth-order valence-electron chi connectivity index (χ4n) is 2.43. The summed E-state index contributed by atoms with van der Waals surface area (Å²) in [6.45, 7) is 5.94. The minimum atomic E-state index is -0.409. The number of aromatic nitrogens is 1. The zero-order valence-electron chi connectivity index (χ0n) is 12.2. The second kappa shape index (κ2) is 6.04. The Morgan fingerprint density at radius 2 is 2.05 bits per heavy atom. The number of primary amides is 1. The molecule has 2 rings (SSSR count). The molecular weight excluding hydrogens is 274 g/mol. The number of amides is 1. The predicted octanol–water partition coefficient (Wildman–Crippen LogP) is 0.294. The van der Waals surface area contributed by atoms with Crippen LogP contribution in [0.25, 0.3) is 0 Å². The number of pyridine rings is 1. The number of hydrogen-bond donors (Lipinski definition) is 1. The van der Waals surface area contributed by atoms with Crippen LogP contribution in [0.4, 0.5) is 11.5 Å². The third-order valence-corrected chi connectivity index (χ3v) is 3.75. The number of piperazine rings is 1. The fourth-order valence-corrected chi connectivity index (χ4v) is 2.43. The van der Waals surface area contributed by atoms with Gasteiger partial charge in [0.1, 0.15) is 0 Å². The maximum absolute atomic E-state index is 11.2. The molecule has 0 aromatic carbocycles. The summed E-state index contributed by atoms with van der Waals surface area (Å²) >= 11 is 0. The van der Waals surface area contributed by atoms with Gasteiger partial charge in [0.15, 0.2) is 0 Å². The Morgan fingerprint density at radius 3 is 2.57 bits per heavy atom. The molecule has 1 amide bonds. The van der Waals surface area contributed by atoms with Gasteiger partial charge in [0.25, 0.3) is 0 Å². The van der Waals surface area contributed by atoms with Gasteiger partial charge >= 0.3 is 5.69 Å². The Labute approximate surface area is 122 Å². The van der Waals surface area contributed by atoms with Crippen LogP contribution in [0, 0.1) is 17.0 Å². The third kappa shape index (κ3) is 3.27. The molecule has 1 aromatic heterocycles. The molecule has 1 unspecified atom stereocenters. The van der Waals surface area contributed by atoms with Crippen molar-refractivity contribution < 1.29 is 9.72 Å². The van der Waals surface area contributed by atoms with Crippen molar-refractivity contribution >= 4 is 17.4 Å². The third-order valence-electron chi connectivity index (χ3n) is 3.75. The second-order valence-corrected chi connectivity index (χ2v) is 5.21. The monoisotopic (exact) mass is 293 g/mol. The number of nitro groups is 1. The van der Waals surface area contributed by atoms with E-state index >= 15 is 0 Å². The van der Waals surface area contributed by atoms with Gasteiger partial charge in [-0.3, -0.25) is 19.8 Å². The largest absolute Gasteiger partial charge is 0.368 e. The minimum absolute atomic E-state index is 0.0198.